The minimum absolute atomic E-state index is 0.0979. The van der Waals surface area contributed by atoms with Gasteiger partial charge in [0, 0.05) is 26.1 Å². The van der Waals surface area contributed by atoms with Crippen molar-refractivity contribution in [2.45, 2.75) is 32.4 Å². The Morgan fingerprint density at radius 2 is 1.88 bits per heavy atom. The van der Waals surface area contributed by atoms with Gasteiger partial charge in [-0.05, 0) is 18.9 Å². The number of ether oxygens (including phenoxy) is 2. The molecule has 1 aromatic carbocycles. The Morgan fingerprint density at radius 1 is 1.15 bits per heavy atom. The Balaban J connectivity index is 1.79. The van der Waals surface area contributed by atoms with Gasteiger partial charge in [-0.25, -0.2) is 0 Å². The van der Waals surface area contributed by atoms with Crippen molar-refractivity contribution >= 4 is 17.6 Å². The van der Waals surface area contributed by atoms with E-state index < -0.39 is 17.7 Å². The fraction of sp³-hybridized carbons (Fsp3) is 0.526. The summed E-state index contributed by atoms with van der Waals surface area (Å²) in [5.74, 6) is -1.34. The number of hydrogen-bond donors (Lipinski definition) is 1. The smallest absolute Gasteiger partial charge is 0.289 e. The van der Waals surface area contributed by atoms with E-state index in [0.717, 1.165) is 5.56 Å². The maximum atomic E-state index is 12.4. The van der Waals surface area contributed by atoms with Crippen molar-refractivity contribution in [2.24, 2.45) is 0 Å². The molecule has 2 amide bonds. The molecule has 7 nitrogen and oxygen atoms in total. The molecule has 2 rings (SSSR count). The number of nitrogens with one attached hydrogen (secondary N) is 1. The Kier molecular flexibility index (Phi) is 8.24. The molecule has 0 radical (unpaired) electrons. The molecule has 0 aromatic heterocycles. The van der Waals surface area contributed by atoms with Gasteiger partial charge < -0.3 is 19.7 Å². The molecule has 1 aromatic rings. The molecule has 0 aliphatic carbocycles. The van der Waals surface area contributed by atoms with Gasteiger partial charge in [0.25, 0.3) is 5.91 Å². The van der Waals surface area contributed by atoms with E-state index >= 15 is 0 Å². The van der Waals surface area contributed by atoms with Crippen LogP contribution in [-0.4, -0.2) is 61.5 Å². The fourth-order valence-corrected chi connectivity index (χ4v) is 2.82. The van der Waals surface area contributed by atoms with E-state index in [1.54, 1.807) is 0 Å². The highest BCUT2D eigenvalue weighted by Gasteiger charge is 2.38. The first-order chi connectivity index (χ1) is 12.6. The monoisotopic (exact) mass is 362 g/mol. The van der Waals surface area contributed by atoms with Gasteiger partial charge in [0.2, 0.25) is 11.7 Å². The van der Waals surface area contributed by atoms with Crippen LogP contribution in [-0.2, 0) is 30.4 Å². The summed E-state index contributed by atoms with van der Waals surface area (Å²) in [5.41, 5.74) is 0.934. The first kappa shape index (κ1) is 20.1. The molecule has 1 fully saturated rings. The third-order valence-corrected chi connectivity index (χ3v) is 4.16. The largest absolute Gasteiger partial charge is 0.379 e. The zero-order valence-electron chi connectivity index (χ0n) is 15.1. The van der Waals surface area contributed by atoms with Crippen molar-refractivity contribution in [3.8, 4) is 0 Å². The molecule has 0 unspecified atom stereocenters. The Bertz CT molecular complexity index is 605. The molecule has 0 spiro atoms. The van der Waals surface area contributed by atoms with E-state index in [-0.39, 0.29) is 18.9 Å². The molecule has 1 N–H and O–H groups in total. The number of carbonyl (C=O) groups is 3. The maximum absolute atomic E-state index is 12.4. The van der Waals surface area contributed by atoms with Gasteiger partial charge in [0.1, 0.15) is 6.04 Å². The van der Waals surface area contributed by atoms with Crippen LogP contribution in [0.15, 0.2) is 30.3 Å². The molecule has 1 aliphatic rings. The first-order valence-corrected chi connectivity index (χ1v) is 8.94. The molecule has 1 aliphatic heterocycles. The van der Waals surface area contributed by atoms with Crippen LogP contribution in [0, 0.1) is 0 Å². The first-order valence-electron chi connectivity index (χ1n) is 8.94. The van der Waals surface area contributed by atoms with Crippen LogP contribution in [0.1, 0.15) is 25.3 Å². The standard InChI is InChI=1S/C19H26N2O5/c1-2-25-12-13-26-11-10-20-19(24)18(23)16-8-9-17(22)21(16)14-15-6-4-3-5-7-15/h3-7,16H,2,8-14H2,1H3,(H,20,24)/t16-/m1/s1. The molecule has 0 saturated carbocycles. The topological polar surface area (TPSA) is 84.9 Å². The van der Waals surface area contributed by atoms with Gasteiger partial charge in [-0.15, -0.1) is 0 Å². The Labute approximate surface area is 153 Å². The van der Waals surface area contributed by atoms with Crippen molar-refractivity contribution in [2.75, 3.05) is 33.0 Å². The number of carbonyl (C=O) groups excluding carboxylic acids is 3. The van der Waals surface area contributed by atoms with Gasteiger partial charge in [0.15, 0.2) is 0 Å². The van der Waals surface area contributed by atoms with E-state index in [4.69, 9.17) is 9.47 Å². The highest BCUT2D eigenvalue weighted by molar-refractivity contribution is 6.38. The number of likely N-dealkylation sites (tertiary alicyclic amines) is 1. The van der Waals surface area contributed by atoms with Crippen molar-refractivity contribution in [1.29, 1.82) is 0 Å². The minimum Gasteiger partial charge on any atom is -0.379 e. The summed E-state index contributed by atoms with van der Waals surface area (Å²) in [6.45, 7) is 4.37. The summed E-state index contributed by atoms with van der Waals surface area (Å²) in [6, 6.07) is 8.75. The lowest BCUT2D eigenvalue weighted by atomic mass is 10.1. The predicted molar refractivity (Wildman–Crippen MR) is 95.3 cm³/mol. The van der Waals surface area contributed by atoms with Crippen molar-refractivity contribution in [3.05, 3.63) is 35.9 Å². The summed E-state index contributed by atoms with van der Waals surface area (Å²) in [6.07, 6.45) is 0.667. The van der Waals surface area contributed by atoms with E-state index in [2.05, 4.69) is 5.32 Å². The molecular weight excluding hydrogens is 336 g/mol. The van der Waals surface area contributed by atoms with Crippen LogP contribution in [0.4, 0.5) is 0 Å². The molecule has 7 heteroatoms. The van der Waals surface area contributed by atoms with Crippen LogP contribution in [0.5, 0.6) is 0 Å². The maximum Gasteiger partial charge on any atom is 0.289 e. The molecular formula is C19H26N2O5. The lowest BCUT2D eigenvalue weighted by Crippen LogP contribution is -2.46. The number of rotatable bonds is 11. The van der Waals surface area contributed by atoms with Crippen LogP contribution in [0.3, 0.4) is 0 Å². The average molecular weight is 362 g/mol. The number of benzene rings is 1. The minimum atomic E-state index is -0.693. The number of nitrogens with zero attached hydrogens (tertiary/aromatic N) is 1. The van der Waals surface area contributed by atoms with E-state index in [9.17, 15) is 14.4 Å². The zero-order valence-corrected chi connectivity index (χ0v) is 15.1. The van der Waals surface area contributed by atoms with E-state index in [1.165, 1.54) is 4.90 Å². The quantitative estimate of drug-likeness (QED) is 0.467. The fourth-order valence-electron chi connectivity index (χ4n) is 2.82. The summed E-state index contributed by atoms with van der Waals surface area (Å²) in [5, 5.41) is 2.56. The van der Waals surface area contributed by atoms with E-state index in [1.807, 2.05) is 37.3 Å². The lowest BCUT2D eigenvalue weighted by Gasteiger charge is -2.23. The highest BCUT2D eigenvalue weighted by Crippen LogP contribution is 2.22. The second kappa shape index (κ2) is 10.7. The molecule has 26 heavy (non-hydrogen) atoms. The van der Waals surface area contributed by atoms with Gasteiger partial charge >= 0.3 is 0 Å². The second-order valence-corrected chi connectivity index (χ2v) is 5.99. The third kappa shape index (κ3) is 5.93. The molecule has 0 bridgehead atoms. The third-order valence-electron chi connectivity index (χ3n) is 4.16. The summed E-state index contributed by atoms with van der Waals surface area (Å²) in [7, 11) is 0. The molecule has 1 atom stereocenters. The highest BCUT2D eigenvalue weighted by atomic mass is 16.5. The van der Waals surface area contributed by atoms with Crippen molar-refractivity contribution in [3.63, 3.8) is 0 Å². The second-order valence-electron chi connectivity index (χ2n) is 5.99. The van der Waals surface area contributed by atoms with Crippen LogP contribution < -0.4 is 5.32 Å². The Hall–Kier alpha value is -2.25. The van der Waals surface area contributed by atoms with Crippen LogP contribution in [0.2, 0.25) is 0 Å². The average Bonchev–Trinajstić information content (AvgIpc) is 3.01. The Morgan fingerprint density at radius 3 is 2.62 bits per heavy atom. The van der Waals surface area contributed by atoms with Gasteiger partial charge in [-0.2, -0.15) is 0 Å². The molecule has 1 heterocycles. The van der Waals surface area contributed by atoms with Crippen LogP contribution in [0.25, 0.3) is 0 Å². The van der Waals surface area contributed by atoms with Gasteiger partial charge in [-0.3, -0.25) is 14.4 Å². The van der Waals surface area contributed by atoms with Gasteiger partial charge in [-0.1, -0.05) is 30.3 Å². The van der Waals surface area contributed by atoms with E-state index in [0.29, 0.717) is 39.4 Å². The normalized spacial score (nSPS) is 16.7. The number of amides is 2. The van der Waals surface area contributed by atoms with Crippen molar-refractivity contribution < 1.29 is 23.9 Å². The lowest BCUT2D eigenvalue weighted by molar-refractivity contribution is -0.143. The summed E-state index contributed by atoms with van der Waals surface area (Å²) < 4.78 is 10.4. The summed E-state index contributed by atoms with van der Waals surface area (Å²) >= 11 is 0. The van der Waals surface area contributed by atoms with Crippen LogP contribution >= 0.6 is 0 Å². The number of hydrogen-bond acceptors (Lipinski definition) is 5. The summed E-state index contributed by atoms with van der Waals surface area (Å²) in [4.78, 5) is 38.1. The molecule has 1 saturated heterocycles. The van der Waals surface area contributed by atoms with Crippen molar-refractivity contribution in [1.82, 2.24) is 10.2 Å². The zero-order chi connectivity index (χ0) is 18.8. The SMILES string of the molecule is CCOCCOCCNC(=O)C(=O)[C@H]1CCC(=O)N1Cc1ccccc1. The number of Topliss-reactive ketones (excluding diaryl/α,β-unsaturated/α-hetero) is 1. The molecule has 142 valence electrons. The number of ketones is 1. The predicted octanol–water partition coefficient (Wildman–Crippen LogP) is 0.916. The van der Waals surface area contributed by atoms with Gasteiger partial charge in [0.05, 0.1) is 19.8 Å².